The van der Waals surface area contributed by atoms with Crippen molar-refractivity contribution in [3.63, 3.8) is 0 Å². The lowest BCUT2D eigenvalue weighted by atomic mass is 10.0. The predicted octanol–water partition coefficient (Wildman–Crippen LogP) is 1.28. The van der Waals surface area contributed by atoms with Crippen molar-refractivity contribution in [2.45, 2.75) is 12.1 Å². The summed E-state index contributed by atoms with van der Waals surface area (Å²) < 4.78 is 0. The molecule has 2 atom stereocenters. The van der Waals surface area contributed by atoms with Crippen LogP contribution < -0.4 is 10.8 Å². The van der Waals surface area contributed by atoms with Crippen molar-refractivity contribution in [1.29, 1.82) is 0 Å². The van der Waals surface area contributed by atoms with Gasteiger partial charge in [0.25, 0.3) is 0 Å². The van der Waals surface area contributed by atoms with Gasteiger partial charge in [0.15, 0.2) is 5.49 Å². The Morgan fingerprint density at radius 1 is 0.941 bits per heavy atom. The molecule has 1 N–H and O–H groups in total. The topological polar surface area (TPSA) is 40.5 Å². The molecule has 0 fully saturated rings. The van der Waals surface area contributed by atoms with Gasteiger partial charge in [-0.05, 0) is 6.07 Å². The van der Waals surface area contributed by atoms with E-state index in [1.807, 2.05) is 24.3 Å². The largest absolute Gasteiger partial charge is 0.338 e. The summed E-state index contributed by atoms with van der Waals surface area (Å²) in [5.74, 6) is 0. The van der Waals surface area contributed by atoms with Crippen molar-refractivity contribution in [3.05, 3.63) is 59.4 Å². The van der Waals surface area contributed by atoms with Gasteiger partial charge in [0.2, 0.25) is 0 Å². The minimum Gasteiger partial charge on any atom is -0.338 e. The molecule has 3 nitrogen and oxygen atoms in total. The first-order chi connectivity index (χ1) is 8.42. The Bertz CT molecular complexity index is 764. The minimum absolute atomic E-state index is 0.153. The molecule has 4 rings (SSSR count). The van der Waals surface area contributed by atoms with Crippen molar-refractivity contribution in [2.75, 3.05) is 0 Å². The highest BCUT2D eigenvalue weighted by Crippen LogP contribution is 2.14. The Kier molecular flexibility index (Phi) is 1.66. The van der Waals surface area contributed by atoms with Gasteiger partial charge >= 0.3 is 0 Å². The van der Waals surface area contributed by atoms with Gasteiger partial charge in [-0.2, -0.15) is 0 Å². The summed E-state index contributed by atoms with van der Waals surface area (Å²) in [4.78, 5) is 12.8. The molecule has 0 spiro atoms. The van der Waals surface area contributed by atoms with Crippen LogP contribution in [-0.4, -0.2) is 17.1 Å². The normalized spacial score (nSPS) is 24.9. The molecule has 1 aliphatic carbocycles. The molecule has 1 aromatic carbocycles. The summed E-state index contributed by atoms with van der Waals surface area (Å²) >= 11 is 0. The number of allylic oxidation sites excluding steroid dienone is 2. The Morgan fingerprint density at radius 2 is 1.71 bits per heavy atom. The highest BCUT2D eigenvalue weighted by atomic mass is 15.0. The number of benzene rings is 1. The number of hydrogen-bond donors (Lipinski definition) is 1. The number of para-hydroxylation sites is 1. The third-order valence-corrected chi connectivity index (χ3v) is 3.29. The van der Waals surface area contributed by atoms with E-state index < -0.39 is 0 Å². The number of nitrogens with zero attached hydrogens (tertiary/aromatic N) is 2. The minimum atomic E-state index is 0.153. The molecular formula is C14H11N3. The van der Waals surface area contributed by atoms with Gasteiger partial charge < -0.3 is 4.98 Å². The number of nitrogens with one attached hydrogen (secondary N) is 1. The van der Waals surface area contributed by atoms with E-state index in [1.165, 1.54) is 0 Å². The summed E-state index contributed by atoms with van der Waals surface area (Å²) in [5.41, 5.74) is 2.02. The maximum absolute atomic E-state index is 4.79. The Labute approximate surface area is 97.9 Å². The molecule has 82 valence electrons. The highest BCUT2D eigenvalue weighted by molar-refractivity contribution is 5.78. The zero-order valence-electron chi connectivity index (χ0n) is 9.17. The fraction of sp³-hybridized carbons (Fsp3) is 0.143. The number of H-pyrrole nitrogens is 1. The average Bonchev–Trinajstić information content (AvgIpc) is 2.73. The number of hydrogen-bond acceptors (Lipinski definition) is 2. The van der Waals surface area contributed by atoms with Gasteiger partial charge in [-0.1, -0.05) is 42.5 Å². The zero-order chi connectivity index (χ0) is 11.2. The first-order valence-corrected chi connectivity index (χ1v) is 5.79. The summed E-state index contributed by atoms with van der Waals surface area (Å²) in [6.07, 6.45) is 8.29. The summed E-state index contributed by atoms with van der Waals surface area (Å²) in [7, 11) is 0. The van der Waals surface area contributed by atoms with Crippen LogP contribution in [0.3, 0.4) is 0 Å². The van der Waals surface area contributed by atoms with Gasteiger partial charge in [0, 0.05) is 10.9 Å². The van der Waals surface area contributed by atoms with E-state index in [0.29, 0.717) is 0 Å². The van der Waals surface area contributed by atoms with Crippen molar-refractivity contribution in [1.82, 2.24) is 4.98 Å². The molecule has 1 aliphatic heterocycles. The van der Waals surface area contributed by atoms with Crippen LogP contribution in [0.25, 0.3) is 10.9 Å². The molecule has 17 heavy (non-hydrogen) atoms. The fourth-order valence-corrected chi connectivity index (χ4v) is 2.46. The Hall–Kier alpha value is -2.16. The van der Waals surface area contributed by atoms with Gasteiger partial charge in [0.1, 0.15) is 5.36 Å². The lowest BCUT2D eigenvalue weighted by Gasteiger charge is -2.18. The quantitative estimate of drug-likeness (QED) is 0.696. The highest BCUT2D eigenvalue weighted by Gasteiger charge is 2.20. The van der Waals surface area contributed by atoms with Crippen molar-refractivity contribution in [3.8, 4) is 0 Å². The predicted molar refractivity (Wildman–Crippen MR) is 66.5 cm³/mol. The van der Waals surface area contributed by atoms with Crippen LogP contribution in [-0.2, 0) is 0 Å². The van der Waals surface area contributed by atoms with Gasteiger partial charge in [-0.15, -0.1) is 0 Å². The molecule has 0 bridgehead atoms. The SMILES string of the molecule is C1=C[C@@H]2N=c3c([nH]c4ccccc34)=N[C@@H]2C=C1. The lowest BCUT2D eigenvalue weighted by molar-refractivity contribution is 0.642. The number of fused-ring (bicyclic) bond motifs is 4. The van der Waals surface area contributed by atoms with Crippen LogP contribution >= 0.6 is 0 Å². The van der Waals surface area contributed by atoms with Crippen LogP contribution in [0.1, 0.15) is 0 Å². The van der Waals surface area contributed by atoms with E-state index in [0.717, 1.165) is 21.7 Å². The molecule has 3 heteroatoms. The summed E-state index contributed by atoms with van der Waals surface area (Å²) in [6, 6.07) is 8.53. The van der Waals surface area contributed by atoms with Crippen LogP contribution in [0.4, 0.5) is 0 Å². The van der Waals surface area contributed by atoms with E-state index >= 15 is 0 Å². The smallest absolute Gasteiger partial charge is 0.152 e. The maximum atomic E-state index is 4.79. The molecule has 1 aromatic heterocycles. The molecule has 2 heterocycles. The number of rotatable bonds is 0. The monoisotopic (exact) mass is 221 g/mol. The third kappa shape index (κ3) is 1.22. The number of aromatic amines is 1. The molecule has 0 unspecified atom stereocenters. The van der Waals surface area contributed by atoms with Crippen LogP contribution in [0.5, 0.6) is 0 Å². The lowest BCUT2D eigenvalue weighted by Crippen LogP contribution is -2.37. The van der Waals surface area contributed by atoms with Crippen LogP contribution in [0, 0.1) is 0 Å². The molecule has 2 aromatic rings. The molecular weight excluding hydrogens is 210 g/mol. The summed E-state index contributed by atoms with van der Waals surface area (Å²) in [5, 5.41) is 2.16. The first-order valence-electron chi connectivity index (χ1n) is 5.79. The summed E-state index contributed by atoms with van der Waals surface area (Å²) in [6.45, 7) is 0. The second-order valence-corrected chi connectivity index (χ2v) is 4.38. The molecule has 0 saturated carbocycles. The molecule has 0 amide bonds. The Balaban J connectivity index is 2.11. The second kappa shape index (κ2) is 3.17. The fourth-order valence-electron chi connectivity index (χ4n) is 2.46. The van der Waals surface area contributed by atoms with Crippen LogP contribution in [0.15, 0.2) is 58.6 Å². The van der Waals surface area contributed by atoms with Crippen molar-refractivity contribution in [2.24, 2.45) is 9.98 Å². The van der Waals surface area contributed by atoms with E-state index in [9.17, 15) is 0 Å². The molecule has 0 radical (unpaired) electrons. The van der Waals surface area contributed by atoms with Crippen molar-refractivity contribution < 1.29 is 0 Å². The van der Waals surface area contributed by atoms with Crippen molar-refractivity contribution >= 4 is 10.9 Å². The van der Waals surface area contributed by atoms with Crippen LogP contribution in [0.2, 0.25) is 0 Å². The zero-order valence-corrected chi connectivity index (χ0v) is 9.17. The standard InChI is InChI=1S/C14H11N3/c1-2-6-10-9(5-1)13-14(16-10)17-12-8-4-3-7-11(12)15-13/h1-8,11-12H,(H,16,17)/t11-,12+/m0/s1. The van der Waals surface area contributed by atoms with Gasteiger partial charge in [-0.3, -0.25) is 9.98 Å². The third-order valence-electron chi connectivity index (χ3n) is 3.29. The second-order valence-electron chi connectivity index (χ2n) is 4.38. The maximum Gasteiger partial charge on any atom is 0.152 e. The van der Waals surface area contributed by atoms with Gasteiger partial charge in [-0.25, -0.2) is 0 Å². The number of aromatic nitrogens is 1. The van der Waals surface area contributed by atoms with Gasteiger partial charge in [0.05, 0.1) is 12.1 Å². The Morgan fingerprint density at radius 3 is 2.59 bits per heavy atom. The molecule has 2 aliphatic rings. The van der Waals surface area contributed by atoms with E-state index in [2.05, 4.69) is 29.3 Å². The molecule has 0 saturated heterocycles. The average molecular weight is 221 g/mol. The van der Waals surface area contributed by atoms with E-state index in [1.54, 1.807) is 0 Å². The first kappa shape index (κ1) is 8.93. The van der Waals surface area contributed by atoms with E-state index in [-0.39, 0.29) is 12.1 Å². The van der Waals surface area contributed by atoms with E-state index in [4.69, 9.17) is 9.98 Å².